The number of alkyl halides is 3. The second kappa shape index (κ2) is 10.6. The minimum absolute atomic E-state index is 0.00771. The topological polar surface area (TPSA) is 83.1 Å². The molecule has 33 heavy (non-hydrogen) atoms. The molecule has 1 unspecified atom stereocenters. The van der Waals surface area contributed by atoms with Gasteiger partial charge in [-0.25, -0.2) is 4.98 Å². The van der Waals surface area contributed by atoms with Crippen LogP contribution in [0.5, 0.6) is 5.88 Å². The molecule has 0 radical (unpaired) electrons. The highest BCUT2D eigenvalue weighted by Crippen LogP contribution is 2.25. The van der Waals surface area contributed by atoms with Crippen LogP contribution in [0.15, 0.2) is 30.7 Å². The molecule has 9 nitrogen and oxygen atoms in total. The SMILES string of the molecule is CCOCc1nnc(N(C)C(C)c2cnn(C)c2)n1CCc1ccc(OCC(F)(F)F)nc1. The van der Waals surface area contributed by atoms with E-state index in [1.165, 1.54) is 12.3 Å². The van der Waals surface area contributed by atoms with E-state index in [1.807, 2.05) is 42.9 Å². The molecule has 3 heterocycles. The van der Waals surface area contributed by atoms with Crippen molar-refractivity contribution in [1.82, 2.24) is 29.5 Å². The number of pyridine rings is 1. The second-order valence-corrected chi connectivity index (χ2v) is 7.60. The molecule has 3 rings (SSSR count). The minimum Gasteiger partial charge on any atom is -0.468 e. The molecule has 3 aromatic heterocycles. The van der Waals surface area contributed by atoms with Crippen molar-refractivity contribution in [2.45, 2.75) is 45.6 Å². The van der Waals surface area contributed by atoms with E-state index in [0.29, 0.717) is 38.0 Å². The van der Waals surface area contributed by atoms with Crippen molar-refractivity contribution < 1.29 is 22.6 Å². The van der Waals surface area contributed by atoms with Crippen LogP contribution in [0.25, 0.3) is 0 Å². The Kier molecular flexibility index (Phi) is 7.90. The van der Waals surface area contributed by atoms with Crippen LogP contribution in [-0.2, 0) is 31.4 Å². The van der Waals surface area contributed by atoms with Crippen molar-refractivity contribution in [3.05, 3.63) is 47.7 Å². The molecule has 0 aliphatic heterocycles. The Hall–Kier alpha value is -3.15. The van der Waals surface area contributed by atoms with E-state index in [4.69, 9.17) is 4.74 Å². The average molecular weight is 467 g/mol. The van der Waals surface area contributed by atoms with Gasteiger partial charge < -0.3 is 14.4 Å². The fraction of sp³-hybridized carbons (Fsp3) is 0.524. The van der Waals surface area contributed by atoms with Crippen LogP contribution in [-0.4, -0.2) is 56.0 Å². The third-order valence-electron chi connectivity index (χ3n) is 5.15. The molecule has 0 fully saturated rings. The molecule has 0 aliphatic carbocycles. The van der Waals surface area contributed by atoms with Crippen LogP contribution in [0.1, 0.15) is 36.8 Å². The number of aryl methyl sites for hydroxylation is 2. The maximum absolute atomic E-state index is 12.3. The molecule has 12 heteroatoms. The van der Waals surface area contributed by atoms with Crippen LogP contribution in [0, 0.1) is 0 Å². The lowest BCUT2D eigenvalue weighted by Gasteiger charge is -2.25. The van der Waals surface area contributed by atoms with Gasteiger partial charge in [0.05, 0.1) is 12.2 Å². The van der Waals surface area contributed by atoms with E-state index in [9.17, 15) is 13.2 Å². The van der Waals surface area contributed by atoms with Crippen LogP contribution < -0.4 is 9.64 Å². The molecule has 0 saturated carbocycles. The van der Waals surface area contributed by atoms with Gasteiger partial charge in [0, 0.05) is 51.3 Å². The molecule has 0 bridgehead atoms. The van der Waals surface area contributed by atoms with E-state index in [-0.39, 0.29) is 11.9 Å². The molecule has 0 spiro atoms. The molecular formula is C21H28F3N7O2. The Morgan fingerprint density at radius 3 is 2.58 bits per heavy atom. The lowest BCUT2D eigenvalue weighted by atomic mass is 10.2. The van der Waals surface area contributed by atoms with Crippen molar-refractivity contribution in [2.75, 3.05) is 25.2 Å². The number of nitrogens with zero attached hydrogens (tertiary/aromatic N) is 7. The molecule has 180 valence electrons. The van der Waals surface area contributed by atoms with Crippen molar-refractivity contribution in [1.29, 1.82) is 0 Å². The van der Waals surface area contributed by atoms with Gasteiger partial charge in [-0.3, -0.25) is 9.25 Å². The Morgan fingerprint density at radius 1 is 1.18 bits per heavy atom. The molecule has 3 aromatic rings. The maximum Gasteiger partial charge on any atom is 0.422 e. The molecule has 0 aliphatic rings. The van der Waals surface area contributed by atoms with Gasteiger partial charge in [-0.1, -0.05) is 6.07 Å². The Morgan fingerprint density at radius 2 is 1.97 bits per heavy atom. The summed E-state index contributed by atoms with van der Waals surface area (Å²) in [7, 11) is 3.81. The highest BCUT2D eigenvalue weighted by molar-refractivity contribution is 5.35. The maximum atomic E-state index is 12.3. The van der Waals surface area contributed by atoms with Crippen LogP contribution in [0.2, 0.25) is 0 Å². The fourth-order valence-corrected chi connectivity index (χ4v) is 3.21. The highest BCUT2D eigenvalue weighted by atomic mass is 19.4. The van der Waals surface area contributed by atoms with Crippen molar-refractivity contribution in [3.8, 4) is 5.88 Å². The third-order valence-corrected chi connectivity index (χ3v) is 5.15. The quantitative estimate of drug-likeness (QED) is 0.428. The van der Waals surface area contributed by atoms with Crippen molar-refractivity contribution >= 4 is 5.95 Å². The normalized spacial score (nSPS) is 12.7. The van der Waals surface area contributed by atoms with Crippen molar-refractivity contribution in [3.63, 3.8) is 0 Å². The van der Waals surface area contributed by atoms with Gasteiger partial charge in [0.25, 0.3) is 0 Å². The van der Waals surface area contributed by atoms with Gasteiger partial charge in [-0.15, -0.1) is 10.2 Å². The van der Waals surface area contributed by atoms with Gasteiger partial charge in [-0.2, -0.15) is 18.3 Å². The molecular weight excluding hydrogens is 439 g/mol. The fourth-order valence-electron chi connectivity index (χ4n) is 3.21. The van der Waals surface area contributed by atoms with Crippen LogP contribution in [0.4, 0.5) is 19.1 Å². The van der Waals surface area contributed by atoms with Gasteiger partial charge in [0.1, 0.15) is 6.61 Å². The van der Waals surface area contributed by atoms with E-state index >= 15 is 0 Å². The Labute approximate surface area is 190 Å². The third kappa shape index (κ3) is 6.67. The van der Waals surface area contributed by atoms with Gasteiger partial charge in [0.15, 0.2) is 12.4 Å². The molecule has 0 N–H and O–H groups in total. The number of hydrogen-bond donors (Lipinski definition) is 0. The zero-order chi connectivity index (χ0) is 24.0. The van der Waals surface area contributed by atoms with Gasteiger partial charge >= 0.3 is 6.18 Å². The number of rotatable bonds is 11. The summed E-state index contributed by atoms with van der Waals surface area (Å²) in [5, 5.41) is 12.9. The number of ether oxygens (including phenoxy) is 2. The van der Waals surface area contributed by atoms with Crippen LogP contribution >= 0.6 is 0 Å². The van der Waals surface area contributed by atoms with E-state index in [2.05, 4.69) is 31.9 Å². The smallest absolute Gasteiger partial charge is 0.422 e. The predicted octanol–water partition coefficient (Wildman–Crippen LogP) is 3.32. The molecule has 0 saturated heterocycles. The first kappa shape index (κ1) is 24.5. The van der Waals surface area contributed by atoms with E-state index in [1.54, 1.807) is 10.7 Å². The average Bonchev–Trinajstić information content (AvgIpc) is 3.40. The lowest BCUT2D eigenvalue weighted by molar-refractivity contribution is -0.154. The molecule has 0 aromatic carbocycles. The van der Waals surface area contributed by atoms with Gasteiger partial charge in [-0.05, 0) is 25.8 Å². The summed E-state index contributed by atoms with van der Waals surface area (Å²) in [5.74, 6) is 1.30. The summed E-state index contributed by atoms with van der Waals surface area (Å²) in [6.07, 6.45) is 1.46. The number of anilines is 1. The first-order chi connectivity index (χ1) is 15.7. The first-order valence-corrected chi connectivity index (χ1v) is 10.5. The summed E-state index contributed by atoms with van der Waals surface area (Å²) < 4.78 is 50.9. The van der Waals surface area contributed by atoms with Gasteiger partial charge in [0.2, 0.25) is 11.8 Å². The minimum atomic E-state index is -4.40. The van der Waals surface area contributed by atoms with E-state index < -0.39 is 12.8 Å². The van der Waals surface area contributed by atoms with E-state index in [0.717, 1.165) is 11.1 Å². The highest BCUT2D eigenvalue weighted by Gasteiger charge is 2.28. The lowest BCUT2D eigenvalue weighted by Crippen LogP contribution is -2.26. The summed E-state index contributed by atoms with van der Waals surface area (Å²) in [6, 6.07) is 3.15. The predicted molar refractivity (Wildman–Crippen MR) is 115 cm³/mol. The standard InChI is InChI=1S/C21H28F3N7O2/c1-5-32-13-18-27-28-20(30(4)15(2)17-11-26-29(3)12-17)31(18)9-8-16-6-7-19(25-10-16)33-14-21(22,23)24/h6-7,10-12,15H,5,8-9,13-14H2,1-4H3. The summed E-state index contributed by atoms with van der Waals surface area (Å²) in [5.41, 5.74) is 1.89. The monoisotopic (exact) mass is 467 g/mol. The molecule has 1 atom stereocenters. The summed E-state index contributed by atoms with van der Waals surface area (Å²) in [4.78, 5) is 5.99. The first-order valence-electron chi connectivity index (χ1n) is 10.5. The summed E-state index contributed by atoms with van der Waals surface area (Å²) in [6.45, 7) is 4.01. The largest absolute Gasteiger partial charge is 0.468 e. The zero-order valence-electron chi connectivity index (χ0n) is 19.1. The second-order valence-electron chi connectivity index (χ2n) is 7.60. The summed E-state index contributed by atoms with van der Waals surface area (Å²) >= 11 is 0. The molecule has 0 amide bonds. The number of halogens is 3. The number of aromatic nitrogens is 6. The Balaban J connectivity index is 1.73. The van der Waals surface area contributed by atoms with Crippen molar-refractivity contribution in [2.24, 2.45) is 7.05 Å². The number of hydrogen-bond acceptors (Lipinski definition) is 7. The van der Waals surface area contributed by atoms with Crippen LogP contribution in [0.3, 0.4) is 0 Å². The zero-order valence-corrected chi connectivity index (χ0v) is 19.1. The Bertz CT molecular complexity index is 1020.